The molecular formula is C10H16O. The molecule has 11 heavy (non-hydrogen) atoms. The van der Waals surface area contributed by atoms with E-state index < -0.39 is 0 Å². The Morgan fingerprint density at radius 2 is 2.18 bits per heavy atom. The third-order valence-electron chi connectivity index (χ3n) is 2.64. The maximum atomic E-state index is 11.3. The van der Waals surface area contributed by atoms with E-state index in [-0.39, 0.29) is 0 Å². The molecule has 0 unspecified atom stereocenters. The maximum absolute atomic E-state index is 11.3. The van der Waals surface area contributed by atoms with E-state index in [0.29, 0.717) is 17.6 Å². The number of carbonyl (C=O) groups excluding carboxylic acids is 1. The summed E-state index contributed by atoms with van der Waals surface area (Å²) in [6, 6.07) is 0. The molecule has 0 aromatic rings. The van der Waals surface area contributed by atoms with Gasteiger partial charge in [0, 0.05) is 12.3 Å². The minimum atomic E-state index is 0.297. The standard InChI is InChI=1S/C10H16O/c1-7(2)9-5-4-8(3)10(11)6-9/h8-9H,1,4-6H2,2-3H3/t8-,9-/m0/s1. The van der Waals surface area contributed by atoms with Crippen molar-refractivity contribution in [1.29, 1.82) is 0 Å². The average Bonchev–Trinajstić information content (AvgIpc) is 1.94. The summed E-state index contributed by atoms with van der Waals surface area (Å²) in [6.07, 6.45) is 2.94. The van der Waals surface area contributed by atoms with Gasteiger partial charge in [0.05, 0.1) is 0 Å². The molecule has 0 aliphatic heterocycles. The van der Waals surface area contributed by atoms with Crippen LogP contribution < -0.4 is 0 Å². The number of allylic oxidation sites excluding steroid dienone is 1. The fraction of sp³-hybridized carbons (Fsp3) is 0.700. The van der Waals surface area contributed by atoms with Crippen molar-refractivity contribution in [2.75, 3.05) is 0 Å². The molecule has 0 amide bonds. The molecule has 0 radical (unpaired) electrons. The fourth-order valence-corrected chi connectivity index (χ4v) is 1.58. The van der Waals surface area contributed by atoms with Crippen LogP contribution in [0.2, 0.25) is 0 Å². The molecule has 0 saturated heterocycles. The average molecular weight is 152 g/mol. The van der Waals surface area contributed by atoms with Gasteiger partial charge in [-0.25, -0.2) is 0 Å². The largest absolute Gasteiger partial charge is 0.299 e. The van der Waals surface area contributed by atoms with Crippen LogP contribution in [0.25, 0.3) is 0 Å². The molecule has 1 aliphatic rings. The minimum Gasteiger partial charge on any atom is -0.299 e. The molecule has 0 spiro atoms. The van der Waals surface area contributed by atoms with Crippen molar-refractivity contribution in [3.8, 4) is 0 Å². The lowest BCUT2D eigenvalue weighted by atomic mass is 9.79. The number of ketones is 1. The van der Waals surface area contributed by atoms with Crippen molar-refractivity contribution < 1.29 is 4.79 Å². The summed E-state index contributed by atoms with van der Waals surface area (Å²) in [5.41, 5.74) is 1.17. The van der Waals surface area contributed by atoms with E-state index in [1.807, 2.05) is 13.8 Å². The lowest BCUT2D eigenvalue weighted by Crippen LogP contribution is -2.22. The minimum absolute atomic E-state index is 0.297. The van der Waals surface area contributed by atoms with Gasteiger partial charge in [0.1, 0.15) is 5.78 Å². The highest BCUT2D eigenvalue weighted by Gasteiger charge is 2.25. The van der Waals surface area contributed by atoms with Crippen LogP contribution in [0.5, 0.6) is 0 Å². The van der Waals surface area contributed by atoms with Crippen LogP contribution in [0, 0.1) is 11.8 Å². The van der Waals surface area contributed by atoms with Crippen molar-refractivity contribution in [2.24, 2.45) is 11.8 Å². The molecule has 0 N–H and O–H groups in total. The monoisotopic (exact) mass is 152 g/mol. The van der Waals surface area contributed by atoms with Crippen LogP contribution in [-0.4, -0.2) is 5.78 Å². The predicted octanol–water partition coefficient (Wildman–Crippen LogP) is 2.57. The quantitative estimate of drug-likeness (QED) is 0.528. The summed E-state index contributed by atoms with van der Waals surface area (Å²) in [6.45, 7) is 7.93. The summed E-state index contributed by atoms with van der Waals surface area (Å²) in [5.74, 6) is 1.19. The van der Waals surface area contributed by atoms with Gasteiger partial charge in [-0.05, 0) is 25.7 Å². The highest BCUT2D eigenvalue weighted by Crippen LogP contribution is 2.29. The van der Waals surface area contributed by atoms with Crippen molar-refractivity contribution in [3.05, 3.63) is 12.2 Å². The van der Waals surface area contributed by atoms with Gasteiger partial charge in [-0.15, -0.1) is 0 Å². The molecular weight excluding hydrogens is 136 g/mol. The zero-order valence-corrected chi connectivity index (χ0v) is 7.39. The Morgan fingerprint density at radius 3 is 2.64 bits per heavy atom. The van der Waals surface area contributed by atoms with Crippen LogP contribution in [0.1, 0.15) is 33.1 Å². The second kappa shape index (κ2) is 3.21. The number of rotatable bonds is 1. The molecule has 1 saturated carbocycles. The molecule has 1 nitrogen and oxygen atoms in total. The van der Waals surface area contributed by atoms with Crippen LogP contribution in [0.4, 0.5) is 0 Å². The zero-order valence-electron chi connectivity index (χ0n) is 7.39. The Bertz CT molecular complexity index is 181. The van der Waals surface area contributed by atoms with E-state index in [1.165, 1.54) is 5.57 Å². The fourth-order valence-electron chi connectivity index (χ4n) is 1.58. The van der Waals surface area contributed by atoms with Crippen LogP contribution >= 0.6 is 0 Å². The predicted molar refractivity (Wildman–Crippen MR) is 46.3 cm³/mol. The molecule has 2 atom stereocenters. The van der Waals surface area contributed by atoms with Crippen molar-refractivity contribution in [3.63, 3.8) is 0 Å². The second-order valence-corrected chi connectivity index (χ2v) is 3.69. The van der Waals surface area contributed by atoms with Gasteiger partial charge >= 0.3 is 0 Å². The van der Waals surface area contributed by atoms with E-state index in [1.54, 1.807) is 0 Å². The van der Waals surface area contributed by atoms with Gasteiger partial charge in [0.15, 0.2) is 0 Å². The molecule has 0 heterocycles. The SMILES string of the molecule is C=C(C)[C@H]1CC[C@H](C)C(=O)C1. The molecule has 0 aromatic heterocycles. The number of hydrogen-bond donors (Lipinski definition) is 0. The van der Waals surface area contributed by atoms with Gasteiger partial charge in [-0.3, -0.25) is 4.79 Å². The van der Waals surface area contributed by atoms with E-state index >= 15 is 0 Å². The van der Waals surface area contributed by atoms with E-state index in [2.05, 4.69) is 6.58 Å². The molecule has 0 bridgehead atoms. The lowest BCUT2D eigenvalue weighted by Gasteiger charge is -2.25. The van der Waals surface area contributed by atoms with Gasteiger partial charge in [-0.2, -0.15) is 0 Å². The number of hydrogen-bond acceptors (Lipinski definition) is 1. The molecule has 1 aliphatic carbocycles. The second-order valence-electron chi connectivity index (χ2n) is 3.69. The molecule has 62 valence electrons. The van der Waals surface area contributed by atoms with Gasteiger partial charge in [0.25, 0.3) is 0 Å². The molecule has 1 fully saturated rings. The molecule has 0 aromatic carbocycles. The molecule has 1 rings (SSSR count). The molecule has 1 heteroatoms. The van der Waals surface area contributed by atoms with E-state index in [9.17, 15) is 4.79 Å². The Morgan fingerprint density at radius 1 is 1.55 bits per heavy atom. The topological polar surface area (TPSA) is 17.1 Å². The third kappa shape index (κ3) is 1.92. The maximum Gasteiger partial charge on any atom is 0.136 e. The first kappa shape index (κ1) is 8.51. The number of carbonyl (C=O) groups is 1. The first-order chi connectivity index (χ1) is 5.11. The first-order valence-electron chi connectivity index (χ1n) is 4.29. The highest BCUT2D eigenvalue weighted by atomic mass is 16.1. The van der Waals surface area contributed by atoms with Crippen LogP contribution in [0.3, 0.4) is 0 Å². The summed E-state index contributed by atoms with van der Waals surface area (Å²) in [5, 5.41) is 0. The zero-order chi connectivity index (χ0) is 8.43. The summed E-state index contributed by atoms with van der Waals surface area (Å²) in [7, 11) is 0. The van der Waals surface area contributed by atoms with Gasteiger partial charge in [-0.1, -0.05) is 19.1 Å². The highest BCUT2D eigenvalue weighted by molar-refractivity contribution is 5.81. The summed E-state index contributed by atoms with van der Waals surface area (Å²) < 4.78 is 0. The van der Waals surface area contributed by atoms with Crippen LogP contribution in [0.15, 0.2) is 12.2 Å². The van der Waals surface area contributed by atoms with E-state index in [0.717, 1.165) is 19.3 Å². The Labute approximate surface area is 68.5 Å². The Balaban J connectivity index is 2.53. The van der Waals surface area contributed by atoms with E-state index in [4.69, 9.17) is 0 Å². The normalized spacial score (nSPS) is 32.0. The van der Waals surface area contributed by atoms with Crippen molar-refractivity contribution >= 4 is 5.78 Å². The van der Waals surface area contributed by atoms with Crippen molar-refractivity contribution in [2.45, 2.75) is 33.1 Å². The lowest BCUT2D eigenvalue weighted by molar-refractivity contribution is -0.124. The number of Topliss-reactive ketones (excluding diaryl/α,β-unsaturated/α-hetero) is 1. The Kier molecular flexibility index (Phi) is 2.48. The van der Waals surface area contributed by atoms with Crippen molar-refractivity contribution in [1.82, 2.24) is 0 Å². The van der Waals surface area contributed by atoms with Gasteiger partial charge in [0.2, 0.25) is 0 Å². The van der Waals surface area contributed by atoms with Gasteiger partial charge < -0.3 is 0 Å². The summed E-state index contributed by atoms with van der Waals surface area (Å²) in [4.78, 5) is 11.3. The smallest absolute Gasteiger partial charge is 0.136 e. The van der Waals surface area contributed by atoms with Crippen LogP contribution in [-0.2, 0) is 4.79 Å². The Hall–Kier alpha value is -0.590. The first-order valence-corrected chi connectivity index (χ1v) is 4.29. The third-order valence-corrected chi connectivity index (χ3v) is 2.64. The summed E-state index contributed by atoms with van der Waals surface area (Å²) >= 11 is 0.